The number of aromatic nitrogens is 3. The van der Waals surface area contributed by atoms with Crippen molar-refractivity contribution in [3.8, 4) is 67.5 Å². The molecule has 3 heterocycles. The summed E-state index contributed by atoms with van der Waals surface area (Å²) in [5.74, 6) is 1.75. The van der Waals surface area contributed by atoms with Gasteiger partial charge in [-0.25, -0.2) is 15.0 Å². The normalized spacial score (nSPS) is 11.6. The highest BCUT2D eigenvalue weighted by atomic mass is 16.3. The number of hydrogen-bond donors (Lipinski definition) is 0. The SMILES string of the molecule is c1ccc(-c2cccc(-c3cccc(-c4nc(-c5cccc(-c6ccccc6)c5)nc(-c5ccc6c(c5)oc5cc7oc8ccccc8c7cc56)n4)c3)c2)cc1. The Labute approximate surface area is 322 Å². The fraction of sp³-hybridized carbons (Fsp3) is 0. The minimum absolute atomic E-state index is 0.564. The monoisotopic (exact) mass is 717 g/mol. The first-order valence-corrected chi connectivity index (χ1v) is 18.7. The van der Waals surface area contributed by atoms with Crippen molar-refractivity contribution < 1.29 is 8.83 Å². The van der Waals surface area contributed by atoms with E-state index < -0.39 is 0 Å². The van der Waals surface area contributed by atoms with Crippen LogP contribution in [0.2, 0.25) is 0 Å². The van der Waals surface area contributed by atoms with Gasteiger partial charge in [0.25, 0.3) is 0 Å². The average Bonchev–Trinajstić information content (AvgIpc) is 3.82. The summed E-state index contributed by atoms with van der Waals surface area (Å²) in [6, 6.07) is 64.7. The molecule has 0 aliphatic rings. The molecule has 0 aliphatic carbocycles. The highest BCUT2D eigenvalue weighted by molar-refractivity contribution is 6.15. The van der Waals surface area contributed by atoms with E-state index in [2.05, 4.69) is 146 Å². The first-order valence-electron chi connectivity index (χ1n) is 18.7. The third-order valence-electron chi connectivity index (χ3n) is 10.5. The summed E-state index contributed by atoms with van der Waals surface area (Å²) < 4.78 is 12.7. The van der Waals surface area contributed by atoms with E-state index in [-0.39, 0.29) is 0 Å². The van der Waals surface area contributed by atoms with Crippen molar-refractivity contribution >= 4 is 43.9 Å². The van der Waals surface area contributed by atoms with Gasteiger partial charge in [-0.15, -0.1) is 0 Å². The van der Waals surface area contributed by atoms with Gasteiger partial charge in [0, 0.05) is 44.3 Å². The lowest BCUT2D eigenvalue weighted by Crippen LogP contribution is -2.00. The van der Waals surface area contributed by atoms with Crippen molar-refractivity contribution in [3.63, 3.8) is 0 Å². The summed E-state index contributed by atoms with van der Waals surface area (Å²) in [5.41, 5.74) is 12.6. The molecule has 5 nitrogen and oxygen atoms in total. The molecule has 0 saturated carbocycles. The Hall–Kier alpha value is -7.63. The lowest BCUT2D eigenvalue weighted by atomic mass is 9.98. The van der Waals surface area contributed by atoms with Crippen LogP contribution in [-0.2, 0) is 0 Å². The Bertz CT molecular complexity index is 3250. The van der Waals surface area contributed by atoms with Gasteiger partial charge in [0.15, 0.2) is 17.5 Å². The average molecular weight is 718 g/mol. The zero-order valence-corrected chi connectivity index (χ0v) is 30.1. The molecule has 5 heteroatoms. The Morgan fingerprint density at radius 1 is 0.232 bits per heavy atom. The number of nitrogens with zero attached hydrogens (tertiary/aromatic N) is 3. The van der Waals surface area contributed by atoms with E-state index in [1.807, 2.05) is 42.5 Å². The van der Waals surface area contributed by atoms with Crippen LogP contribution in [0.3, 0.4) is 0 Å². The Kier molecular flexibility index (Phi) is 7.42. The molecule has 0 saturated heterocycles. The molecule has 0 amide bonds. The van der Waals surface area contributed by atoms with E-state index in [0.717, 1.165) is 82.8 Å². The van der Waals surface area contributed by atoms with Gasteiger partial charge in [0.2, 0.25) is 0 Å². The van der Waals surface area contributed by atoms with E-state index in [0.29, 0.717) is 17.5 Å². The predicted octanol–water partition coefficient (Wildman–Crippen LogP) is 13.7. The van der Waals surface area contributed by atoms with Crippen molar-refractivity contribution in [2.75, 3.05) is 0 Å². The molecule has 0 fully saturated rings. The minimum atomic E-state index is 0.564. The second-order valence-corrected chi connectivity index (χ2v) is 14.0. The smallest absolute Gasteiger partial charge is 0.164 e. The van der Waals surface area contributed by atoms with Gasteiger partial charge in [-0.1, -0.05) is 140 Å². The Morgan fingerprint density at radius 3 is 1.20 bits per heavy atom. The van der Waals surface area contributed by atoms with Crippen molar-refractivity contribution in [2.45, 2.75) is 0 Å². The van der Waals surface area contributed by atoms with Crippen LogP contribution in [0.1, 0.15) is 0 Å². The van der Waals surface area contributed by atoms with Crippen molar-refractivity contribution in [3.05, 3.63) is 188 Å². The molecule has 11 rings (SSSR count). The van der Waals surface area contributed by atoms with Gasteiger partial charge in [-0.3, -0.25) is 0 Å². The molecule has 0 bridgehead atoms. The van der Waals surface area contributed by atoms with Gasteiger partial charge < -0.3 is 8.83 Å². The zero-order valence-electron chi connectivity index (χ0n) is 30.1. The van der Waals surface area contributed by atoms with Gasteiger partial charge in [0.05, 0.1) is 0 Å². The fourth-order valence-electron chi connectivity index (χ4n) is 7.71. The number of rotatable bonds is 6. The quantitative estimate of drug-likeness (QED) is 0.171. The molecular weight excluding hydrogens is 687 g/mol. The standard InChI is InChI=1S/C51H31N3O2/c1-3-12-32(13-4-1)34-16-9-18-36(26-34)37-19-11-21-39(28-37)50-52-49(38-20-10-17-35(27-38)33-14-5-2-6-15-33)53-51(54-50)40-24-25-42-44-30-43-41-22-7-8-23-45(41)55-47(43)31-48(44)56-46(42)29-40/h1-31H. The van der Waals surface area contributed by atoms with Crippen molar-refractivity contribution in [1.82, 2.24) is 15.0 Å². The summed E-state index contributed by atoms with van der Waals surface area (Å²) in [4.78, 5) is 15.4. The fourth-order valence-corrected chi connectivity index (χ4v) is 7.71. The number of benzene rings is 8. The number of furan rings is 2. The molecule has 0 atom stereocenters. The lowest BCUT2D eigenvalue weighted by Gasteiger charge is -2.11. The van der Waals surface area contributed by atoms with E-state index in [9.17, 15) is 0 Å². The molecule has 0 spiro atoms. The molecule has 11 aromatic rings. The number of para-hydroxylation sites is 1. The van der Waals surface area contributed by atoms with Crippen LogP contribution in [0, 0.1) is 0 Å². The second-order valence-electron chi connectivity index (χ2n) is 14.0. The van der Waals surface area contributed by atoms with Gasteiger partial charge in [-0.2, -0.15) is 0 Å². The van der Waals surface area contributed by atoms with Crippen LogP contribution in [0.4, 0.5) is 0 Å². The Balaban J connectivity index is 1.05. The van der Waals surface area contributed by atoms with E-state index in [4.69, 9.17) is 23.8 Å². The van der Waals surface area contributed by atoms with Crippen molar-refractivity contribution in [2.24, 2.45) is 0 Å². The topological polar surface area (TPSA) is 65.0 Å². The molecule has 0 aliphatic heterocycles. The summed E-state index contributed by atoms with van der Waals surface area (Å²) >= 11 is 0. The summed E-state index contributed by atoms with van der Waals surface area (Å²) in [6.45, 7) is 0. The maximum Gasteiger partial charge on any atom is 0.164 e. The Morgan fingerprint density at radius 2 is 0.625 bits per heavy atom. The van der Waals surface area contributed by atoms with Gasteiger partial charge in [-0.05, 0) is 75.8 Å². The highest BCUT2D eigenvalue weighted by Gasteiger charge is 2.17. The first kappa shape index (κ1) is 31.9. The van der Waals surface area contributed by atoms with Crippen LogP contribution in [0.5, 0.6) is 0 Å². The van der Waals surface area contributed by atoms with Crippen LogP contribution < -0.4 is 0 Å². The first-order chi connectivity index (χ1) is 27.7. The van der Waals surface area contributed by atoms with Crippen LogP contribution in [0.25, 0.3) is 111 Å². The van der Waals surface area contributed by atoms with Crippen LogP contribution >= 0.6 is 0 Å². The molecule has 0 unspecified atom stereocenters. The van der Waals surface area contributed by atoms with E-state index in [1.54, 1.807) is 0 Å². The molecule has 8 aromatic carbocycles. The summed E-state index contributed by atoms with van der Waals surface area (Å²) in [7, 11) is 0. The maximum atomic E-state index is 6.49. The van der Waals surface area contributed by atoms with Gasteiger partial charge >= 0.3 is 0 Å². The van der Waals surface area contributed by atoms with Crippen LogP contribution in [0.15, 0.2) is 197 Å². The van der Waals surface area contributed by atoms with E-state index in [1.165, 1.54) is 11.1 Å². The molecule has 56 heavy (non-hydrogen) atoms. The highest BCUT2D eigenvalue weighted by Crippen LogP contribution is 2.38. The molecule has 0 radical (unpaired) electrons. The third kappa shape index (κ3) is 5.62. The molecule has 0 N–H and O–H groups in total. The minimum Gasteiger partial charge on any atom is -0.456 e. The lowest BCUT2D eigenvalue weighted by molar-refractivity contribution is 0.656. The third-order valence-corrected chi connectivity index (χ3v) is 10.5. The predicted molar refractivity (Wildman–Crippen MR) is 227 cm³/mol. The number of hydrogen-bond acceptors (Lipinski definition) is 5. The van der Waals surface area contributed by atoms with E-state index >= 15 is 0 Å². The van der Waals surface area contributed by atoms with Crippen LogP contribution in [-0.4, -0.2) is 15.0 Å². The molecular formula is C51H31N3O2. The largest absolute Gasteiger partial charge is 0.456 e. The molecule has 3 aromatic heterocycles. The zero-order chi connectivity index (χ0) is 37.0. The number of fused-ring (bicyclic) bond motifs is 6. The summed E-state index contributed by atoms with van der Waals surface area (Å²) in [6.07, 6.45) is 0. The maximum absolute atomic E-state index is 6.49. The summed E-state index contributed by atoms with van der Waals surface area (Å²) in [5, 5.41) is 4.21. The van der Waals surface area contributed by atoms with Crippen molar-refractivity contribution in [1.29, 1.82) is 0 Å². The van der Waals surface area contributed by atoms with Gasteiger partial charge in [0.1, 0.15) is 22.3 Å². The second kappa shape index (κ2) is 13.0. The molecule has 262 valence electrons.